The van der Waals surface area contributed by atoms with E-state index in [0.29, 0.717) is 0 Å². The number of aryl methyl sites for hydroxylation is 2. The Hall–Kier alpha value is -1.20. The van der Waals surface area contributed by atoms with Gasteiger partial charge in [0.2, 0.25) is 0 Å². The van der Waals surface area contributed by atoms with Crippen LogP contribution in [0.2, 0.25) is 0 Å². The normalized spacial score (nSPS) is 25.9. The highest BCUT2D eigenvalue weighted by atomic mass is 32.1. The van der Waals surface area contributed by atoms with Crippen molar-refractivity contribution in [2.24, 2.45) is 0 Å². The van der Waals surface area contributed by atoms with E-state index in [-0.39, 0.29) is 12.1 Å². The van der Waals surface area contributed by atoms with Gasteiger partial charge in [0.05, 0.1) is 17.5 Å². The second-order valence-electron chi connectivity index (χ2n) is 5.86. The number of thiophene rings is 1. The van der Waals surface area contributed by atoms with E-state index in [1.807, 2.05) is 11.3 Å². The fourth-order valence-electron chi connectivity index (χ4n) is 3.49. The van der Waals surface area contributed by atoms with Gasteiger partial charge >= 0.3 is 0 Å². The molecule has 2 heterocycles. The molecule has 5 heteroatoms. The molecule has 0 saturated heterocycles. The number of aromatic nitrogens is 2. The summed E-state index contributed by atoms with van der Waals surface area (Å²) in [7, 11) is 0. The molecule has 0 aliphatic heterocycles. The van der Waals surface area contributed by atoms with E-state index in [9.17, 15) is 5.11 Å². The molecule has 0 bridgehead atoms. The van der Waals surface area contributed by atoms with E-state index in [1.54, 1.807) is 6.33 Å². The number of aliphatic hydroxyl groups is 1. The lowest BCUT2D eigenvalue weighted by molar-refractivity contribution is 0.116. The molecule has 1 fully saturated rings. The predicted octanol–water partition coefficient (Wildman–Crippen LogP) is 2.90. The van der Waals surface area contributed by atoms with Gasteiger partial charge in [-0.3, -0.25) is 0 Å². The van der Waals surface area contributed by atoms with Crippen molar-refractivity contribution < 1.29 is 5.11 Å². The van der Waals surface area contributed by atoms with E-state index in [1.165, 1.54) is 35.1 Å². The van der Waals surface area contributed by atoms with E-state index in [2.05, 4.69) is 15.3 Å². The molecule has 2 aromatic heterocycles. The van der Waals surface area contributed by atoms with Crippen molar-refractivity contribution in [3.05, 3.63) is 16.8 Å². The van der Waals surface area contributed by atoms with Crippen molar-refractivity contribution in [1.29, 1.82) is 0 Å². The highest BCUT2D eigenvalue weighted by Crippen LogP contribution is 2.39. The second kappa shape index (κ2) is 4.97. The number of nitrogens with zero attached hydrogens (tertiary/aromatic N) is 2. The third kappa shape index (κ3) is 2.00. The minimum Gasteiger partial charge on any atom is -0.391 e. The molecule has 0 aromatic carbocycles. The maximum atomic E-state index is 10.1. The van der Waals surface area contributed by atoms with Gasteiger partial charge in [-0.25, -0.2) is 9.97 Å². The van der Waals surface area contributed by atoms with Crippen LogP contribution in [0.25, 0.3) is 10.2 Å². The van der Waals surface area contributed by atoms with Gasteiger partial charge in [-0.2, -0.15) is 0 Å². The number of nitrogens with one attached hydrogen (secondary N) is 1. The van der Waals surface area contributed by atoms with Crippen molar-refractivity contribution in [3.63, 3.8) is 0 Å². The molecule has 0 unspecified atom stereocenters. The van der Waals surface area contributed by atoms with Crippen molar-refractivity contribution in [1.82, 2.24) is 9.97 Å². The Labute approximate surface area is 122 Å². The minimum absolute atomic E-state index is 0.138. The van der Waals surface area contributed by atoms with Crippen LogP contribution in [0.3, 0.4) is 0 Å². The number of anilines is 1. The minimum atomic E-state index is -0.250. The fourth-order valence-corrected chi connectivity index (χ4v) is 4.72. The van der Waals surface area contributed by atoms with Crippen LogP contribution in [-0.4, -0.2) is 27.2 Å². The van der Waals surface area contributed by atoms with Gasteiger partial charge in [0.25, 0.3) is 0 Å². The zero-order valence-electron chi connectivity index (χ0n) is 11.4. The Morgan fingerprint density at radius 1 is 1.15 bits per heavy atom. The monoisotopic (exact) mass is 289 g/mol. The van der Waals surface area contributed by atoms with Gasteiger partial charge in [0.15, 0.2) is 0 Å². The van der Waals surface area contributed by atoms with Gasteiger partial charge in [0, 0.05) is 4.88 Å². The smallest absolute Gasteiger partial charge is 0.138 e. The molecular formula is C15H19N3OS. The molecule has 20 heavy (non-hydrogen) atoms. The summed E-state index contributed by atoms with van der Waals surface area (Å²) in [5.41, 5.74) is 1.44. The molecule has 2 atom stereocenters. The second-order valence-corrected chi connectivity index (χ2v) is 6.95. The first-order chi connectivity index (χ1) is 9.83. The number of hydrogen-bond donors (Lipinski definition) is 2. The largest absolute Gasteiger partial charge is 0.391 e. The maximum absolute atomic E-state index is 10.1. The maximum Gasteiger partial charge on any atom is 0.138 e. The third-order valence-electron chi connectivity index (χ3n) is 4.55. The summed E-state index contributed by atoms with van der Waals surface area (Å²) in [5.74, 6) is 0.931. The van der Waals surface area contributed by atoms with E-state index in [0.717, 1.165) is 36.3 Å². The first-order valence-corrected chi connectivity index (χ1v) is 8.34. The summed E-state index contributed by atoms with van der Waals surface area (Å²) in [6.45, 7) is 0. The van der Waals surface area contributed by atoms with Gasteiger partial charge < -0.3 is 10.4 Å². The van der Waals surface area contributed by atoms with Gasteiger partial charge in [-0.1, -0.05) is 12.8 Å². The van der Waals surface area contributed by atoms with E-state index < -0.39 is 0 Å². The van der Waals surface area contributed by atoms with Crippen molar-refractivity contribution in [2.75, 3.05) is 5.32 Å². The average molecular weight is 289 g/mol. The zero-order valence-corrected chi connectivity index (χ0v) is 12.2. The summed E-state index contributed by atoms with van der Waals surface area (Å²) in [6.07, 6.45) is 9.21. The fraction of sp³-hybridized carbons (Fsp3) is 0.600. The lowest BCUT2D eigenvalue weighted by atomic mass is 9.92. The molecule has 1 saturated carbocycles. The number of hydrogen-bond acceptors (Lipinski definition) is 5. The van der Waals surface area contributed by atoms with Crippen LogP contribution in [0.15, 0.2) is 6.33 Å². The Balaban J connectivity index is 1.72. The number of aliphatic hydroxyl groups excluding tert-OH is 1. The molecule has 0 amide bonds. The summed E-state index contributed by atoms with van der Waals surface area (Å²) >= 11 is 1.81. The highest BCUT2D eigenvalue weighted by Gasteiger charge is 2.26. The van der Waals surface area contributed by atoms with Gasteiger partial charge in [-0.15, -0.1) is 11.3 Å². The standard InChI is InChI=1S/C15H19N3OS/c19-11-6-2-1-5-10(11)18-14-13-9-4-3-7-12(9)20-15(13)17-8-16-14/h8,10-11,19H,1-7H2,(H,16,17,18)/t10-,11-/m0/s1. The molecule has 2 aliphatic rings. The topological polar surface area (TPSA) is 58.0 Å². The third-order valence-corrected chi connectivity index (χ3v) is 5.75. The lowest BCUT2D eigenvalue weighted by Gasteiger charge is -2.29. The number of rotatable bonds is 2. The molecule has 0 radical (unpaired) electrons. The molecule has 2 N–H and O–H groups in total. The average Bonchev–Trinajstić information content (AvgIpc) is 3.02. The zero-order chi connectivity index (χ0) is 13.5. The summed E-state index contributed by atoms with van der Waals surface area (Å²) in [6, 6.07) is 0.138. The van der Waals surface area contributed by atoms with E-state index >= 15 is 0 Å². The first kappa shape index (κ1) is 12.5. The van der Waals surface area contributed by atoms with Crippen LogP contribution in [-0.2, 0) is 12.8 Å². The highest BCUT2D eigenvalue weighted by molar-refractivity contribution is 7.19. The van der Waals surface area contributed by atoms with Crippen LogP contribution < -0.4 is 5.32 Å². The Morgan fingerprint density at radius 3 is 2.95 bits per heavy atom. The quantitative estimate of drug-likeness (QED) is 0.892. The Bertz CT molecular complexity index is 639. The number of fused-ring (bicyclic) bond motifs is 3. The Kier molecular flexibility index (Phi) is 3.11. The molecule has 2 aromatic rings. The molecule has 4 rings (SSSR count). The molecule has 106 valence electrons. The van der Waals surface area contributed by atoms with Crippen molar-refractivity contribution >= 4 is 27.4 Å². The van der Waals surface area contributed by atoms with Crippen molar-refractivity contribution in [3.8, 4) is 0 Å². The summed E-state index contributed by atoms with van der Waals surface area (Å²) in [5, 5.41) is 14.8. The SMILES string of the molecule is O[C@H]1CCCC[C@@H]1Nc1ncnc2sc3c(c12)CCC3. The first-order valence-electron chi connectivity index (χ1n) is 7.53. The predicted molar refractivity (Wildman–Crippen MR) is 81.3 cm³/mol. The lowest BCUT2D eigenvalue weighted by Crippen LogP contribution is -2.36. The molecule has 2 aliphatic carbocycles. The van der Waals surface area contributed by atoms with Crippen LogP contribution in [0.5, 0.6) is 0 Å². The molecular weight excluding hydrogens is 270 g/mol. The van der Waals surface area contributed by atoms with Crippen LogP contribution in [0, 0.1) is 0 Å². The van der Waals surface area contributed by atoms with Crippen LogP contribution in [0.1, 0.15) is 42.5 Å². The molecule has 4 nitrogen and oxygen atoms in total. The Morgan fingerprint density at radius 2 is 2.05 bits per heavy atom. The van der Waals surface area contributed by atoms with Crippen LogP contribution in [0.4, 0.5) is 5.82 Å². The van der Waals surface area contributed by atoms with E-state index in [4.69, 9.17) is 0 Å². The van der Waals surface area contributed by atoms with Crippen LogP contribution >= 0.6 is 11.3 Å². The molecule has 0 spiro atoms. The van der Waals surface area contributed by atoms with Crippen molar-refractivity contribution in [2.45, 2.75) is 57.1 Å². The summed E-state index contributed by atoms with van der Waals surface area (Å²) < 4.78 is 0. The summed E-state index contributed by atoms with van der Waals surface area (Å²) in [4.78, 5) is 11.5. The van der Waals surface area contributed by atoms with Gasteiger partial charge in [-0.05, 0) is 37.7 Å². The van der Waals surface area contributed by atoms with Gasteiger partial charge in [0.1, 0.15) is 17.0 Å².